The van der Waals surface area contributed by atoms with Crippen LogP contribution < -0.4 is 10.2 Å². The zero-order valence-electron chi connectivity index (χ0n) is 15.5. The van der Waals surface area contributed by atoms with Crippen molar-refractivity contribution in [3.8, 4) is 10.6 Å². The molecule has 0 spiro atoms. The Morgan fingerprint density at radius 2 is 1.82 bits per heavy atom. The van der Waals surface area contributed by atoms with Crippen molar-refractivity contribution in [1.82, 2.24) is 9.97 Å². The van der Waals surface area contributed by atoms with E-state index < -0.39 is 0 Å². The van der Waals surface area contributed by atoms with Crippen molar-refractivity contribution in [2.24, 2.45) is 0 Å². The molecular formula is C21H20N4O2S. The molecule has 0 aliphatic carbocycles. The molecule has 1 N–H and O–H groups in total. The van der Waals surface area contributed by atoms with Crippen molar-refractivity contribution in [1.29, 1.82) is 0 Å². The van der Waals surface area contributed by atoms with Crippen LogP contribution in [-0.2, 0) is 0 Å². The van der Waals surface area contributed by atoms with Crippen LogP contribution in [0.3, 0.4) is 0 Å². The summed E-state index contributed by atoms with van der Waals surface area (Å²) in [7, 11) is 0. The highest BCUT2D eigenvalue weighted by atomic mass is 32.1. The highest BCUT2D eigenvalue weighted by molar-refractivity contribution is 7.13. The maximum atomic E-state index is 12.4. The summed E-state index contributed by atoms with van der Waals surface area (Å²) in [6.45, 7) is 3.62. The minimum absolute atomic E-state index is 0.00798. The summed E-state index contributed by atoms with van der Waals surface area (Å²) in [4.78, 5) is 35.1. The molecule has 0 saturated carbocycles. The average Bonchev–Trinajstić information content (AvgIpc) is 3.41. The van der Waals surface area contributed by atoms with E-state index in [1.807, 2.05) is 18.3 Å². The van der Waals surface area contributed by atoms with E-state index in [9.17, 15) is 9.59 Å². The van der Waals surface area contributed by atoms with E-state index in [1.165, 1.54) is 31.1 Å². The molecule has 3 heterocycles. The predicted octanol–water partition coefficient (Wildman–Crippen LogP) is 4.26. The van der Waals surface area contributed by atoms with Crippen LogP contribution in [0.25, 0.3) is 10.6 Å². The van der Waals surface area contributed by atoms with Crippen LogP contribution in [0, 0.1) is 0 Å². The van der Waals surface area contributed by atoms with Crippen LogP contribution in [0.15, 0.2) is 48.0 Å². The number of nitrogens with zero attached hydrogens (tertiary/aromatic N) is 3. The van der Waals surface area contributed by atoms with E-state index in [4.69, 9.17) is 0 Å². The predicted molar refractivity (Wildman–Crippen MR) is 111 cm³/mol. The maximum absolute atomic E-state index is 12.4. The van der Waals surface area contributed by atoms with Crippen LogP contribution in [0.1, 0.15) is 40.6 Å². The third-order valence-electron chi connectivity index (χ3n) is 4.71. The fraction of sp³-hybridized carbons (Fsp3) is 0.238. The van der Waals surface area contributed by atoms with Gasteiger partial charge in [0.15, 0.2) is 5.78 Å². The van der Waals surface area contributed by atoms with Crippen molar-refractivity contribution < 1.29 is 9.59 Å². The summed E-state index contributed by atoms with van der Waals surface area (Å²) in [6, 6.07) is 10.8. The molecule has 1 amide bonds. The monoisotopic (exact) mass is 392 g/mol. The zero-order chi connectivity index (χ0) is 19.5. The van der Waals surface area contributed by atoms with Gasteiger partial charge in [-0.2, -0.15) is 0 Å². The first-order valence-electron chi connectivity index (χ1n) is 9.19. The second-order valence-electron chi connectivity index (χ2n) is 6.72. The fourth-order valence-electron chi connectivity index (χ4n) is 3.14. The van der Waals surface area contributed by atoms with Gasteiger partial charge in [0.25, 0.3) is 5.91 Å². The van der Waals surface area contributed by atoms with E-state index in [0.717, 1.165) is 29.5 Å². The molecule has 6 nitrogen and oxygen atoms in total. The van der Waals surface area contributed by atoms with Gasteiger partial charge in [-0.25, -0.2) is 9.97 Å². The number of Topliss-reactive ketones (excluding diaryl/α,β-unsaturated/α-hetero) is 1. The first kappa shape index (κ1) is 18.3. The molecule has 1 saturated heterocycles. The standard InChI is InChI=1S/C21H20N4O2S/c1-14(26)15-4-7-17(8-5-15)23-20(27)18-13-28-21(24-18)16-6-9-19(22-12-16)25-10-2-3-11-25/h4-9,12-13H,2-3,10-11H2,1H3,(H,23,27). The molecule has 0 radical (unpaired) electrons. The SMILES string of the molecule is CC(=O)c1ccc(NC(=O)c2csc(-c3ccc(N4CCCC4)nc3)n2)cc1. The Bertz CT molecular complexity index is 990. The van der Waals surface area contributed by atoms with Gasteiger partial charge in [-0.3, -0.25) is 9.59 Å². The first-order valence-corrected chi connectivity index (χ1v) is 10.1. The number of nitrogens with one attached hydrogen (secondary N) is 1. The molecule has 1 aromatic carbocycles. The highest BCUT2D eigenvalue weighted by Gasteiger charge is 2.15. The van der Waals surface area contributed by atoms with Gasteiger partial charge in [0.05, 0.1) is 0 Å². The number of pyridine rings is 1. The normalized spacial score (nSPS) is 13.5. The van der Waals surface area contributed by atoms with E-state index in [0.29, 0.717) is 16.9 Å². The molecule has 2 aromatic heterocycles. The molecule has 1 aliphatic heterocycles. The van der Waals surface area contributed by atoms with Crippen LogP contribution in [-0.4, -0.2) is 34.7 Å². The van der Waals surface area contributed by atoms with Gasteiger partial charge in [-0.1, -0.05) is 0 Å². The third-order valence-corrected chi connectivity index (χ3v) is 5.60. The van der Waals surface area contributed by atoms with Crippen LogP contribution in [0.5, 0.6) is 0 Å². The number of benzene rings is 1. The minimum atomic E-state index is -0.278. The van der Waals surface area contributed by atoms with Crippen molar-refractivity contribution in [2.45, 2.75) is 19.8 Å². The van der Waals surface area contributed by atoms with E-state index in [-0.39, 0.29) is 11.7 Å². The molecular weight excluding hydrogens is 372 g/mol. The average molecular weight is 392 g/mol. The lowest BCUT2D eigenvalue weighted by atomic mass is 10.1. The Balaban J connectivity index is 1.44. The second kappa shape index (κ2) is 7.90. The van der Waals surface area contributed by atoms with E-state index in [1.54, 1.807) is 29.6 Å². The van der Waals surface area contributed by atoms with Crippen molar-refractivity contribution in [3.05, 3.63) is 59.2 Å². The molecule has 1 fully saturated rings. The molecule has 0 unspecified atom stereocenters. The maximum Gasteiger partial charge on any atom is 0.275 e. The number of anilines is 2. The van der Waals surface area contributed by atoms with Gasteiger partial charge in [-0.15, -0.1) is 11.3 Å². The number of amides is 1. The van der Waals surface area contributed by atoms with Crippen LogP contribution in [0.2, 0.25) is 0 Å². The summed E-state index contributed by atoms with van der Waals surface area (Å²) in [5.74, 6) is 0.705. The lowest BCUT2D eigenvalue weighted by molar-refractivity contribution is 0.101. The van der Waals surface area contributed by atoms with Gasteiger partial charge >= 0.3 is 0 Å². The summed E-state index contributed by atoms with van der Waals surface area (Å²) in [5, 5.41) is 5.31. The van der Waals surface area contributed by atoms with Gasteiger partial charge in [0, 0.05) is 41.5 Å². The molecule has 4 rings (SSSR count). The zero-order valence-corrected chi connectivity index (χ0v) is 16.3. The lowest BCUT2D eigenvalue weighted by Crippen LogP contribution is -2.18. The van der Waals surface area contributed by atoms with E-state index >= 15 is 0 Å². The van der Waals surface area contributed by atoms with E-state index in [2.05, 4.69) is 20.2 Å². The van der Waals surface area contributed by atoms with Gasteiger partial charge < -0.3 is 10.2 Å². The molecule has 1 aliphatic rings. The molecule has 28 heavy (non-hydrogen) atoms. The number of hydrogen-bond donors (Lipinski definition) is 1. The smallest absolute Gasteiger partial charge is 0.275 e. The summed E-state index contributed by atoms with van der Waals surface area (Å²) < 4.78 is 0. The number of carbonyl (C=O) groups excluding carboxylic acids is 2. The Kier molecular flexibility index (Phi) is 5.16. The number of carbonyl (C=O) groups is 2. The number of hydrogen-bond acceptors (Lipinski definition) is 6. The Morgan fingerprint density at radius 3 is 2.46 bits per heavy atom. The Labute approximate surface area is 167 Å². The molecule has 3 aromatic rings. The molecule has 0 atom stereocenters. The van der Waals surface area contributed by atoms with Crippen molar-refractivity contribution >= 4 is 34.5 Å². The number of aromatic nitrogens is 2. The van der Waals surface area contributed by atoms with Crippen LogP contribution in [0.4, 0.5) is 11.5 Å². The molecule has 142 valence electrons. The van der Waals surface area contributed by atoms with Gasteiger partial charge in [0.2, 0.25) is 0 Å². The van der Waals surface area contributed by atoms with Crippen LogP contribution >= 0.6 is 11.3 Å². The number of ketones is 1. The van der Waals surface area contributed by atoms with Crippen molar-refractivity contribution in [2.75, 3.05) is 23.3 Å². The summed E-state index contributed by atoms with van der Waals surface area (Å²) in [6.07, 6.45) is 4.24. The lowest BCUT2D eigenvalue weighted by Gasteiger charge is -2.15. The molecule has 0 bridgehead atoms. The third kappa shape index (κ3) is 3.94. The summed E-state index contributed by atoms with van der Waals surface area (Å²) >= 11 is 1.42. The quantitative estimate of drug-likeness (QED) is 0.657. The number of rotatable bonds is 5. The second-order valence-corrected chi connectivity index (χ2v) is 7.58. The first-order chi connectivity index (χ1) is 13.6. The highest BCUT2D eigenvalue weighted by Crippen LogP contribution is 2.26. The Hall–Kier alpha value is -3.06. The van der Waals surface area contributed by atoms with Gasteiger partial charge in [0.1, 0.15) is 16.5 Å². The largest absolute Gasteiger partial charge is 0.357 e. The topological polar surface area (TPSA) is 75.2 Å². The Morgan fingerprint density at radius 1 is 1.07 bits per heavy atom. The fourth-order valence-corrected chi connectivity index (χ4v) is 3.93. The molecule has 7 heteroatoms. The van der Waals surface area contributed by atoms with Gasteiger partial charge in [-0.05, 0) is 56.2 Å². The van der Waals surface area contributed by atoms with Crippen molar-refractivity contribution in [3.63, 3.8) is 0 Å². The number of thiazole rings is 1. The minimum Gasteiger partial charge on any atom is -0.357 e. The summed E-state index contributed by atoms with van der Waals surface area (Å²) in [5.41, 5.74) is 2.50.